The summed E-state index contributed by atoms with van der Waals surface area (Å²) in [6.45, 7) is 0.700. The van der Waals surface area contributed by atoms with Gasteiger partial charge >= 0.3 is 0 Å². The van der Waals surface area contributed by atoms with Crippen molar-refractivity contribution in [3.8, 4) is 18.2 Å². The van der Waals surface area contributed by atoms with Gasteiger partial charge in [-0.25, -0.2) is 4.98 Å². The van der Waals surface area contributed by atoms with Crippen molar-refractivity contribution in [2.75, 3.05) is 6.61 Å². The first-order valence-electron chi connectivity index (χ1n) is 8.24. The van der Waals surface area contributed by atoms with Gasteiger partial charge in [0.1, 0.15) is 0 Å². The van der Waals surface area contributed by atoms with Crippen LogP contribution < -0.4 is 4.74 Å². The number of hydrogen-bond donors (Lipinski definition) is 0. The molecule has 1 heterocycles. The number of aromatic nitrogens is 1. The third-order valence-electron chi connectivity index (χ3n) is 4.03. The number of nitrogens with zero attached hydrogens (tertiary/aromatic N) is 1. The van der Waals surface area contributed by atoms with Gasteiger partial charge in [-0.05, 0) is 30.4 Å². The normalized spacial score (nSPS) is 10.7. The molecule has 23 heavy (non-hydrogen) atoms. The molecule has 0 aliphatic rings. The summed E-state index contributed by atoms with van der Waals surface area (Å²) < 4.78 is 5.98. The second-order valence-electron chi connectivity index (χ2n) is 5.70. The van der Waals surface area contributed by atoms with Gasteiger partial charge in [0.2, 0.25) is 5.88 Å². The Kier molecular flexibility index (Phi) is 5.11. The second-order valence-corrected chi connectivity index (χ2v) is 5.70. The van der Waals surface area contributed by atoms with Crippen molar-refractivity contribution in [1.29, 1.82) is 0 Å². The van der Waals surface area contributed by atoms with E-state index in [1.54, 1.807) is 0 Å². The molecule has 0 unspecified atom stereocenters. The van der Waals surface area contributed by atoms with Crippen LogP contribution in [-0.2, 0) is 0 Å². The highest BCUT2D eigenvalue weighted by molar-refractivity contribution is 6.07. The standard InChI is InChI=1S/C21H21NO/c1-2-3-4-5-6-11-16-23-21-19-14-8-7-12-17(19)18-13-9-10-15-20(18)22-21/h1,7-10,12-15H,3-6,11,16H2. The van der Waals surface area contributed by atoms with Gasteiger partial charge in [-0.1, -0.05) is 49.2 Å². The summed E-state index contributed by atoms with van der Waals surface area (Å²) in [6.07, 6.45) is 10.6. The highest BCUT2D eigenvalue weighted by atomic mass is 16.5. The molecule has 2 aromatic carbocycles. The van der Waals surface area contributed by atoms with E-state index in [9.17, 15) is 0 Å². The topological polar surface area (TPSA) is 22.1 Å². The van der Waals surface area contributed by atoms with E-state index in [-0.39, 0.29) is 0 Å². The van der Waals surface area contributed by atoms with Crippen LogP contribution in [0.2, 0.25) is 0 Å². The Bertz CT molecular complexity index is 832. The lowest BCUT2D eigenvalue weighted by molar-refractivity contribution is 0.298. The van der Waals surface area contributed by atoms with Crippen LogP contribution in [0.3, 0.4) is 0 Å². The van der Waals surface area contributed by atoms with Crippen molar-refractivity contribution in [2.45, 2.75) is 32.1 Å². The van der Waals surface area contributed by atoms with E-state index in [0.29, 0.717) is 6.61 Å². The maximum Gasteiger partial charge on any atom is 0.221 e. The summed E-state index contributed by atoms with van der Waals surface area (Å²) in [7, 11) is 0. The Balaban J connectivity index is 1.73. The van der Waals surface area contributed by atoms with E-state index in [0.717, 1.165) is 42.5 Å². The number of fused-ring (bicyclic) bond motifs is 3. The van der Waals surface area contributed by atoms with Crippen LogP contribution >= 0.6 is 0 Å². The van der Waals surface area contributed by atoms with Crippen molar-refractivity contribution < 1.29 is 4.74 Å². The van der Waals surface area contributed by atoms with Gasteiger partial charge in [0.05, 0.1) is 12.1 Å². The zero-order valence-electron chi connectivity index (χ0n) is 13.3. The van der Waals surface area contributed by atoms with Crippen molar-refractivity contribution in [3.63, 3.8) is 0 Å². The Labute approximate surface area is 137 Å². The van der Waals surface area contributed by atoms with Gasteiger partial charge in [-0.2, -0.15) is 0 Å². The fraction of sp³-hybridized carbons (Fsp3) is 0.286. The lowest BCUT2D eigenvalue weighted by atomic mass is 10.1. The molecular formula is C21H21NO. The third-order valence-corrected chi connectivity index (χ3v) is 4.03. The molecule has 0 atom stereocenters. The molecule has 1 aromatic heterocycles. The van der Waals surface area contributed by atoms with E-state index < -0.39 is 0 Å². The molecule has 0 spiro atoms. The minimum Gasteiger partial charge on any atom is -0.477 e. The third kappa shape index (κ3) is 3.63. The van der Waals surface area contributed by atoms with E-state index in [1.807, 2.05) is 24.3 Å². The van der Waals surface area contributed by atoms with E-state index in [2.05, 4.69) is 30.2 Å². The van der Waals surface area contributed by atoms with Gasteiger partial charge < -0.3 is 4.74 Å². The predicted octanol–water partition coefficient (Wildman–Crippen LogP) is 5.35. The average Bonchev–Trinajstić information content (AvgIpc) is 2.61. The molecule has 2 nitrogen and oxygen atoms in total. The number of para-hydroxylation sites is 1. The van der Waals surface area contributed by atoms with Gasteiger partial charge in [0.15, 0.2) is 0 Å². The summed E-state index contributed by atoms with van der Waals surface area (Å²) >= 11 is 0. The quantitative estimate of drug-likeness (QED) is 0.333. The molecule has 2 heteroatoms. The number of rotatable bonds is 7. The number of pyridine rings is 1. The molecule has 3 aromatic rings. The first-order chi connectivity index (χ1) is 11.4. The molecule has 0 fully saturated rings. The molecule has 3 rings (SSSR count). The van der Waals surface area contributed by atoms with Gasteiger partial charge in [-0.15, -0.1) is 12.3 Å². The van der Waals surface area contributed by atoms with Crippen molar-refractivity contribution in [1.82, 2.24) is 4.98 Å². The lowest BCUT2D eigenvalue weighted by Gasteiger charge is -2.11. The minimum absolute atomic E-state index is 0.700. The van der Waals surface area contributed by atoms with Crippen LogP contribution in [-0.4, -0.2) is 11.6 Å². The van der Waals surface area contributed by atoms with Crippen LogP contribution in [0.4, 0.5) is 0 Å². The maximum absolute atomic E-state index is 5.98. The van der Waals surface area contributed by atoms with Crippen molar-refractivity contribution in [3.05, 3.63) is 48.5 Å². The average molecular weight is 303 g/mol. The smallest absolute Gasteiger partial charge is 0.221 e. The first kappa shape index (κ1) is 15.4. The van der Waals surface area contributed by atoms with E-state index in [4.69, 9.17) is 16.1 Å². The zero-order chi connectivity index (χ0) is 15.9. The zero-order valence-corrected chi connectivity index (χ0v) is 13.3. The summed E-state index contributed by atoms with van der Waals surface area (Å²) in [4.78, 5) is 4.70. The van der Waals surface area contributed by atoms with Gasteiger partial charge in [0.25, 0.3) is 0 Å². The SMILES string of the molecule is C#CCCCCCCOc1nc2ccccc2c2ccccc12. The Morgan fingerprint density at radius 3 is 2.35 bits per heavy atom. The van der Waals surface area contributed by atoms with Gasteiger partial charge in [-0.3, -0.25) is 0 Å². The van der Waals surface area contributed by atoms with Crippen LogP contribution in [0, 0.1) is 12.3 Å². The summed E-state index contributed by atoms with van der Waals surface area (Å²) in [6, 6.07) is 16.5. The minimum atomic E-state index is 0.700. The Morgan fingerprint density at radius 1 is 0.826 bits per heavy atom. The molecule has 0 N–H and O–H groups in total. The fourth-order valence-corrected chi connectivity index (χ4v) is 2.83. The van der Waals surface area contributed by atoms with Crippen LogP contribution in [0.15, 0.2) is 48.5 Å². The van der Waals surface area contributed by atoms with E-state index >= 15 is 0 Å². The molecule has 116 valence electrons. The van der Waals surface area contributed by atoms with Crippen LogP contribution in [0.25, 0.3) is 21.7 Å². The summed E-state index contributed by atoms with van der Waals surface area (Å²) in [5, 5.41) is 3.45. The molecule has 0 aliphatic carbocycles. The van der Waals surface area contributed by atoms with Crippen molar-refractivity contribution >= 4 is 21.7 Å². The Hall–Kier alpha value is -2.53. The summed E-state index contributed by atoms with van der Waals surface area (Å²) in [5.41, 5.74) is 0.982. The number of hydrogen-bond acceptors (Lipinski definition) is 2. The molecule has 0 aliphatic heterocycles. The van der Waals surface area contributed by atoms with Crippen molar-refractivity contribution in [2.24, 2.45) is 0 Å². The largest absolute Gasteiger partial charge is 0.477 e. The maximum atomic E-state index is 5.98. The molecule has 0 saturated heterocycles. The lowest BCUT2D eigenvalue weighted by Crippen LogP contribution is -2.00. The fourth-order valence-electron chi connectivity index (χ4n) is 2.83. The highest BCUT2D eigenvalue weighted by Crippen LogP contribution is 2.30. The highest BCUT2D eigenvalue weighted by Gasteiger charge is 2.08. The number of ether oxygens (including phenoxy) is 1. The van der Waals surface area contributed by atoms with Crippen LogP contribution in [0.5, 0.6) is 5.88 Å². The second kappa shape index (κ2) is 7.65. The molecule has 0 radical (unpaired) electrons. The monoisotopic (exact) mass is 303 g/mol. The Morgan fingerprint density at radius 2 is 1.52 bits per heavy atom. The van der Waals surface area contributed by atoms with Gasteiger partial charge in [0, 0.05) is 17.2 Å². The van der Waals surface area contributed by atoms with Crippen LogP contribution in [0.1, 0.15) is 32.1 Å². The molecule has 0 bridgehead atoms. The number of benzene rings is 2. The number of unbranched alkanes of at least 4 members (excludes halogenated alkanes) is 4. The molecular weight excluding hydrogens is 282 g/mol. The van der Waals surface area contributed by atoms with E-state index in [1.165, 1.54) is 17.2 Å². The number of terminal acetylenes is 1. The summed E-state index contributed by atoms with van der Waals surface area (Å²) in [5.74, 6) is 3.42. The molecule has 0 amide bonds. The molecule has 0 saturated carbocycles. The predicted molar refractivity (Wildman–Crippen MR) is 96.7 cm³/mol. The first-order valence-corrected chi connectivity index (χ1v) is 8.24.